The molecule has 1 unspecified atom stereocenters. The summed E-state index contributed by atoms with van der Waals surface area (Å²) in [5.74, 6) is -0.0756. The van der Waals surface area contributed by atoms with Crippen LogP contribution >= 0.6 is 0 Å². The molecule has 0 radical (unpaired) electrons. The van der Waals surface area contributed by atoms with Crippen molar-refractivity contribution in [3.05, 3.63) is 29.8 Å². The summed E-state index contributed by atoms with van der Waals surface area (Å²) in [6.45, 7) is 7.91. The fraction of sp³-hybridized carbons (Fsp3) is 0.600. The molecule has 0 N–H and O–H groups in total. The number of hydrogen-bond acceptors (Lipinski definition) is 3. The third-order valence-electron chi connectivity index (χ3n) is 3.29. The molecule has 106 valence electrons. The molecule has 1 aromatic rings. The second-order valence-corrected chi connectivity index (χ2v) is 6.94. The molecule has 0 aliphatic carbocycles. The zero-order valence-corrected chi connectivity index (χ0v) is 12.8. The van der Waals surface area contributed by atoms with Gasteiger partial charge in [0.05, 0.1) is 28.8 Å². The smallest absolute Gasteiger partial charge is 0.163 e. The summed E-state index contributed by atoms with van der Waals surface area (Å²) in [7, 11) is -1.04. The number of hydrogen-bond donors (Lipinski definition) is 0. The summed E-state index contributed by atoms with van der Waals surface area (Å²) in [4.78, 5) is 0.855. The van der Waals surface area contributed by atoms with E-state index >= 15 is 0 Å². The van der Waals surface area contributed by atoms with E-state index in [0.29, 0.717) is 5.75 Å². The second kappa shape index (κ2) is 5.73. The van der Waals surface area contributed by atoms with Crippen LogP contribution in [0.1, 0.15) is 32.8 Å². The molecule has 1 aromatic carbocycles. The van der Waals surface area contributed by atoms with Crippen molar-refractivity contribution in [1.82, 2.24) is 0 Å². The minimum absolute atomic E-state index is 0.0319. The van der Waals surface area contributed by atoms with E-state index in [1.807, 2.05) is 45.0 Å². The van der Waals surface area contributed by atoms with Gasteiger partial charge in [-0.05, 0) is 39.3 Å². The fourth-order valence-electron chi connectivity index (χ4n) is 2.33. The van der Waals surface area contributed by atoms with E-state index in [9.17, 15) is 4.21 Å². The molecule has 4 heteroatoms. The van der Waals surface area contributed by atoms with Crippen LogP contribution in [-0.2, 0) is 20.3 Å². The Morgan fingerprint density at radius 3 is 2.32 bits per heavy atom. The minimum Gasteiger partial charge on any atom is -0.345 e. The maximum atomic E-state index is 12.4. The Kier molecular flexibility index (Phi) is 4.43. The first-order valence-corrected chi connectivity index (χ1v) is 8.04. The van der Waals surface area contributed by atoms with Gasteiger partial charge in [0.2, 0.25) is 0 Å². The van der Waals surface area contributed by atoms with Crippen molar-refractivity contribution < 1.29 is 13.7 Å². The highest BCUT2D eigenvalue weighted by Gasteiger charge is 2.40. The average molecular weight is 282 g/mol. The van der Waals surface area contributed by atoms with Gasteiger partial charge in [0.15, 0.2) is 5.79 Å². The lowest BCUT2D eigenvalue weighted by atomic mass is 10.2. The highest BCUT2D eigenvalue weighted by atomic mass is 32.2. The third kappa shape index (κ3) is 3.65. The summed E-state index contributed by atoms with van der Waals surface area (Å²) in [6.07, 6.45) is 0.811. The Labute approximate surface area is 117 Å². The first-order valence-electron chi connectivity index (χ1n) is 6.72. The first kappa shape index (κ1) is 14.7. The van der Waals surface area contributed by atoms with Crippen molar-refractivity contribution in [2.45, 2.75) is 57.0 Å². The first-order chi connectivity index (χ1) is 8.91. The zero-order chi connectivity index (χ0) is 14.0. The molecule has 19 heavy (non-hydrogen) atoms. The second-order valence-electron chi connectivity index (χ2n) is 5.45. The number of benzene rings is 1. The van der Waals surface area contributed by atoms with Crippen molar-refractivity contribution in [3.63, 3.8) is 0 Å². The van der Waals surface area contributed by atoms with Crippen LogP contribution in [0.25, 0.3) is 0 Å². The molecule has 1 heterocycles. The van der Waals surface area contributed by atoms with E-state index in [2.05, 4.69) is 6.92 Å². The molecular formula is C15H22O3S. The van der Waals surface area contributed by atoms with Crippen molar-refractivity contribution in [2.24, 2.45) is 0 Å². The number of ether oxygens (including phenoxy) is 2. The standard InChI is InChI=1S/C15H22O3S/c1-5-13-14(18-15(3,4)17-13)10-19(16)12-8-6-11(2)7-9-12/h6-9,13-14H,5,10H2,1-4H3/t13-,14-,19?/m1/s1. The molecule has 3 nitrogen and oxygen atoms in total. The summed E-state index contributed by atoms with van der Waals surface area (Å²) >= 11 is 0. The van der Waals surface area contributed by atoms with Crippen molar-refractivity contribution in [3.8, 4) is 0 Å². The zero-order valence-electron chi connectivity index (χ0n) is 12.0. The molecule has 0 amide bonds. The van der Waals surface area contributed by atoms with Crippen LogP contribution in [0.4, 0.5) is 0 Å². The van der Waals surface area contributed by atoms with E-state index in [-0.39, 0.29) is 12.2 Å². The number of rotatable bonds is 4. The van der Waals surface area contributed by atoms with Crippen LogP contribution in [0.2, 0.25) is 0 Å². The van der Waals surface area contributed by atoms with Gasteiger partial charge in [0.25, 0.3) is 0 Å². The van der Waals surface area contributed by atoms with Gasteiger partial charge in [0.1, 0.15) is 0 Å². The summed E-state index contributed by atoms with van der Waals surface area (Å²) in [6, 6.07) is 7.82. The lowest BCUT2D eigenvalue weighted by Crippen LogP contribution is -2.28. The fourth-order valence-corrected chi connectivity index (χ4v) is 3.54. The molecule has 1 aliphatic rings. The van der Waals surface area contributed by atoms with Crippen LogP contribution in [0.5, 0.6) is 0 Å². The van der Waals surface area contributed by atoms with Gasteiger partial charge < -0.3 is 9.47 Å². The van der Waals surface area contributed by atoms with Crippen LogP contribution in [0.3, 0.4) is 0 Å². The molecule has 1 saturated heterocycles. The maximum Gasteiger partial charge on any atom is 0.163 e. The van der Waals surface area contributed by atoms with Crippen LogP contribution in [0, 0.1) is 6.92 Å². The molecule has 0 aromatic heterocycles. The molecule has 0 bridgehead atoms. The van der Waals surface area contributed by atoms with Gasteiger partial charge >= 0.3 is 0 Å². The van der Waals surface area contributed by atoms with Crippen molar-refractivity contribution in [2.75, 3.05) is 5.75 Å². The number of aryl methyl sites for hydroxylation is 1. The average Bonchev–Trinajstić information content (AvgIpc) is 2.64. The third-order valence-corrected chi connectivity index (χ3v) is 4.72. The Hall–Kier alpha value is -0.710. The summed E-state index contributed by atoms with van der Waals surface area (Å²) < 4.78 is 24.0. The summed E-state index contributed by atoms with van der Waals surface area (Å²) in [5, 5.41) is 0. The van der Waals surface area contributed by atoms with Crippen LogP contribution in [-0.4, -0.2) is 28.0 Å². The Morgan fingerprint density at radius 2 is 1.74 bits per heavy atom. The normalized spacial score (nSPS) is 27.4. The summed E-state index contributed by atoms with van der Waals surface area (Å²) in [5.41, 5.74) is 1.17. The van der Waals surface area contributed by atoms with E-state index in [1.165, 1.54) is 5.56 Å². The van der Waals surface area contributed by atoms with E-state index in [4.69, 9.17) is 9.47 Å². The lowest BCUT2D eigenvalue weighted by Gasteiger charge is -2.16. The van der Waals surface area contributed by atoms with E-state index in [1.54, 1.807) is 0 Å². The van der Waals surface area contributed by atoms with E-state index < -0.39 is 16.6 Å². The SMILES string of the molecule is CC[C@H]1OC(C)(C)O[C@@H]1CS(=O)c1ccc(C)cc1. The Morgan fingerprint density at radius 1 is 1.16 bits per heavy atom. The molecule has 1 fully saturated rings. The van der Waals surface area contributed by atoms with Gasteiger partial charge in [-0.1, -0.05) is 24.6 Å². The predicted molar refractivity (Wildman–Crippen MR) is 76.6 cm³/mol. The van der Waals surface area contributed by atoms with Gasteiger partial charge in [-0.3, -0.25) is 4.21 Å². The molecule has 0 saturated carbocycles. The van der Waals surface area contributed by atoms with Crippen molar-refractivity contribution in [1.29, 1.82) is 0 Å². The van der Waals surface area contributed by atoms with Gasteiger partial charge in [0, 0.05) is 4.90 Å². The van der Waals surface area contributed by atoms with Crippen LogP contribution in [0.15, 0.2) is 29.2 Å². The predicted octanol–water partition coefficient (Wildman–Crippen LogP) is 3.03. The maximum absolute atomic E-state index is 12.4. The topological polar surface area (TPSA) is 35.5 Å². The highest BCUT2D eigenvalue weighted by Crippen LogP contribution is 2.30. The monoisotopic (exact) mass is 282 g/mol. The van der Waals surface area contributed by atoms with Gasteiger partial charge in [-0.15, -0.1) is 0 Å². The minimum atomic E-state index is -1.04. The lowest BCUT2D eigenvalue weighted by molar-refractivity contribution is -0.144. The van der Waals surface area contributed by atoms with Crippen molar-refractivity contribution >= 4 is 10.8 Å². The molecule has 2 rings (SSSR count). The van der Waals surface area contributed by atoms with Gasteiger partial charge in [-0.2, -0.15) is 0 Å². The Balaban J connectivity index is 2.04. The van der Waals surface area contributed by atoms with Gasteiger partial charge in [-0.25, -0.2) is 0 Å². The molecule has 1 aliphatic heterocycles. The van der Waals surface area contributed by atoms with E-state index in [0.717, 1.165) is 11.3 Å². The molecular weight excluding hydrogens is 260 g/mol. The quantitative estimate of drug-likeness (QED) is 0.851. The highest BCUT2D eigenvalue weighted by molar-refractivity contribution is 7.85. The van der Waals surface area contributed by atoms with Crippen LogP contribution < -0.4 is 0 Å². The molecule has 3 atom stereocenters. The largest absolute Gasteiger partial charge is 0.345 e. The Bertz CT molecular complexity index is 453. The molecule has 0 spiro atoms.